The highest BCUT2D eigenvalue weighted by molar-refractivity contribution is 7.99. The van der Waals surface area contributed by atoms with Crippen LogP contribution in [-0.2, 0) is 4.79 Å². The van der Waals surface area contributed by atoms with Gasteiger partial charge < -0.3 is 5.11 Å². The Kier molecular flexibility index (Phi) is 3.97. The van der Waals surface area contributed by atoms with Crippen molar-refractivity contribution >= 4 is 17.7 Å². The molecule has 0 aromatic heterocycles. The zero-order valence-corrected chi connectivity index (χ0v) is 10.4. The highest BCUT2D eigenvalue weighted by atomic mass is 32.2. The van der Waals surface area contributed by atoms with Crippen molar-refractivity contribution in [2.75, 3.05) is 5.75 Å². The fourth-order valence-electron chi connectivity index (χ4n) is 1.09. The Morgan fingerprint density at radius 1 is 1.50 bits per heavy atom. The third-order valence-electron chi connectivity index (χ3n) is 2.30. The summed E-state index contributed by atoms with van der Waals surface area (Å²) in [4.78, 5) is 11.8. The molecule has 0 aliphatic carbocycles. The lowest BCUT2D eigenvalue weighted by atomic mass is 9.97. The fraction of sp³-hybridized carbons (Fsp3) is 0.417. The molecule has 0 aliphatic heterocycles. The van der Waals surface area contributed by atoms with Gasteiger partial charge in [-0.2, -0.15) is 0 Å². The summed E-state index contributed by atoms with van der Waals surface area (Å²) < 4.78 is 12.8. The highest BCUT2D eigenvalue weighted by Gasteiger charge is 2.27. The molecular formula is C12H15FO2S. The molecule has 4 heteroatoms. The molecule has 0 heterocycles. The van der Waals surface area contributed by atoms with Crippen molar-refractivity contribution in [1.82, 2.24) is 0 Å². The first kappa shape index (κ1) is 13.0. The predicted molar refractivity (Wildman–Crippen MR) is 63.3 cm³/mol. The number of rotatable bonds is 4. The Hall–Kier alpha value is -1.03. The minimum atomic E-state index is -0.820. The Morgan fingerprint density at radius 2 is 2.12 bits per heavy atom. The molecule has 0 aliphatic rings. The summed E-state index contributed by atoms with van der Waals surface area (Å²) in [5.74, 6) is -0.617. The lowest BCUT2D eigenvalue weighted by molar-refractivity contribution is -0.145. The van der Waals surface area contributed by atoms with Gasteiger partial charge >= 0.3 is 5.97 Å². The van der Waals surface area contributed by atoms with Crippen LogP contribution >= 0.6 is 11.8 Å². The summed E-state index contributed by atoms with van der Waals surface area (Å²) >= 11 is 1.44. The van der Waals surface area contributed by atoms with E-state index in [1.54, 1.807) is 19.9 Å². The number of hydrogen-bond donors (Lipinski definition) is 1. The van der Waals surface area contributed by atoms with Gasteiger partial charge in [0.25, 0.3) is 0 Å². The molecule has 0 radical (unpaired) electrons. The minimum absolute atomic E-state index is 0.264. The lowest BCUT2D eigenvalue weighted by Crippen LogP contribution is -2.26. The average Bonchev–Trinajstić information content (AvgIpc) is 2.16. The Bertz CT molecular complexity index is 402. The predicted octanol–water partition coefficient (Wildman–Crippen LogP) is 3.34. The van der Waals surface area contributed by atoms with Crippen molar-refractivity contribution in [3.05, 3.63) is 29.6 Å². The second-order valence-electron chi connectivity index (χ2n) is 4.39. The van der Waals surface area contributed by atoms with E-state index in [1.165, 1.54) is 23.9 Å². The van der Waals surface area contributed by atoms with E-state index < -0.39 is 11.4 Å². The van der Waals surface area contributed by atoms with Gasteiger partial charge in [-0.1, -0.05) is 0 Å². The van der Waals surface area contributed by atoms with Crippen molar-refractivity contribution in [2.24, 2.45) is 5.41 Å². The van der Waals surface area contributed by atoms with Gasteiger partial charge in [0, 0.05) is 10.6 Å². The van der Waals surface area contributed by atoms with E-state index in [-0.39, 0.29) is 5.82 Å². The number of aryl methyl sites for hydroxylation is 1. The average molecular weight is 242 g/mol. The molecule has 1 rings (SSSR count). The standard InChI is InChI=1S/C12H15FO2S/c1-8-6-9(13)4-5-10(8)16-7-12(2,3)11(14)15/h4-6H,7H2,1-3H3,(H,14,15). The third kappa shape index (κ3) is 3.23. The van der Waals surface area contributed by atoms with Gasteiger partial charge in [-0.25, -0.2) is 4.39 Å². The SMILES string of the molecule is Cc1cc(F)ccc1SCC(C)(C)C(=O)O. The number of carboxylic acids is 1. The quantitative estimate of drug-likeness (QED) is 0.823. The van der Waals surface area contributed by atoms with Crippen molar-refractivity contribution in [2.45, 2.75) is 25.7 Å². The number of benzene rings is 1. The maximum absolute atomic E-state index is 12.8. The lowest BCUT2D eigenvalue weighted by Gasteiger charge is -2.18. The van der Waals surface area contributed by atoms with Crippen LogP contribution in [0.4, 0.5) is 4.39 Å². The van der Waals surface area contributed by atoms with Crippen molar-refractivity contribution in [3.8, 4) is 0 Å². The Morgan fingerprint density at radius 3 is 2.62 bits per heavy atom. The van der Waals surface area contributed by atoms with Crippen LogP contribution in [0.25, 0.3) is 0 Å². The van der Waals surface area contributed by atoms with Crippen LogP contribution in [0.15, 0.2) is 23.1 Å². The van der Waals surface area contributed by atoms with E-state index in [0.29, 0.717) is 5.75 Å². The van der Waals surface area contributed by atoms with Crippen molar-refractivity contribution in [1.29, 1.82) is 0 Å². The number of carbonyl (C=O) groups is 1. The number of hydrogen-bond acceptors (Lipinski definition) is 2. The van der Waals surface area contributed by atoms with Gasteiger partial charge in [0.2, 0.25) is 0 Å². The summed E-state index contributed by atoms with van der Waals surface area (Å²) in [6, 6.07) is 4.53. The maximum Gasteiger partial charge on any atom is 0.309 e. The van der Waals surface area contributed by atoms with Crippen LogP contribution in [0.3, 0.4) is 0 Å². The molecule has 0 saturated heterocycles. The third-order valence-corrected chi connectivity index (χ3v) is 3.94. The molecule has 0 amide bonds. The minimum Gasteiger partial charge on any atom is -0.481 e. The molecule has 0 saturated carbocycles. The Balaban J connectivity index is 2.72. The van der Waals surface area contributed by atoms with E-state index >= 15 is 0 Å². The first-order valence-electron chi connectivity index (χ1n) is 4.95. The summed E-state index contributed by atoms with van der Waals surface area (Å²) in [6.45, 7) is 5.18. The number of carboxylic acid groups (broad SMARTS) is 1. The molecule has 16 heavy (non-hydrogen) atoms. The van der Waals surface area contributed by atoms with Crippen molar-refractivity contribution in [3.63, 3.8) is 0 Å². The molecule has 1 aromatic rings. The zero-order chi connectivity index (χ0) is 12.3. The van der Waals surface area contributed by atoms with Gasteiger partial charge in [0.05, 0.1) is 5.41 Å². The molecule has 0 unspecified atom stereocenters. The second-order valence-corrected chi connectivity index (χ2v) is 5.40. The van der Waals surface area contributed by atoms with E-state index in [4.69, 9.17) is 5.11 Å². The molecule has 1 N–H and O–H groups in total. The maximum atomic E-state index is 12.8. The number of thioether (sulfide) groups is 1. The van der Waals surface area contributed by atoms with Crippen LogP contribution in [0, 0.1) is 18.2 Å². The molecule has 1 aromatic carbocycles. The number of aliphatic carboxylic acids is 1. The molecule has 2 nitrogen and oxygen atoms in total. The summed E-state index contributed by atoms with van der Waals surface area (Å²) in [6.07, 6.45) is 0. The van der Waals surface area contributed by atoms with Crippen molar-refractivity contribution < 1.29 is 14.3 Å². The molecule has 0 spiro atoms. The van der Waals surface area contributed by atoms with Crippen LogP contribution in [0.5, 0.6) is 0 Å². The summed E-state index contributed by atoms with van der Waals surface area (Å²) in [5, 5.41) is 8.96. The van der Waals surface area contributed by atoms with E-state index in [2.05, 4.69) is 0 Å². The highest BCUT2D eigenvalue weighted by Crippen LogP contribution is 2.30. The second kappa shape index (κ2) is 4.87. The molecule has 0 bridgehead atoms. The summed E-state index contributed by atoms with van der Waals surface area (Å²) in [7, 11) is 0. The Labute approximate surface area is 98.9 Å². The van der Waals surface area contributed by atoms with E-state index in [0.717, 1.165) is 10.5 Å². The monoisotopic (exact) mass is 242 g/mol. The fourth-order valence-corrected chi connectivity index (χ4v) is 2.19. The largest absolute Gasteiger partial charge is 0.481 e. The van der Waals surface area contributed by atoms with Gasteiger partial charge in [-0.3, -0.25) is 4.79 Å². The van der Waals surface area contributed by atoms with Gasteiger partial charge in [0.1, 0.15) is 5.82 Å². The van der Waals surface area contributed by atoms with Crippen LogP contribution in [0.1, 0.15) is 19.4 Å². The smallest absolute Gasteiger partial charge is 0.309 e. The van der Waals surface area contributed by atoms with Gasteiger partial charge in [-0.15, -0.1) is 11.8 Å². The topological polar surface area (TPSA) is 37.3 Å². The van der Waals surface area contributed by atoms with Gasteiger partial charge in [0.15, 0.2) is 0 Å². The van der Waals surface area contributed by atoms with Crippen LogP contribution in [-0.4, -0.2) is 16.8 Å². The first-order valence-corrected chi connectivity index (χ1v) is 5.94. The van der Waals surface area contributed by atoms with E-state index in [1.807, 2.05) is 6.92 Å². The van der Waals surface area contributed by atoms with Crippen LogP contribution in [0.2, 0.25) is 0 Å². The normalized spacial score (nSPS) is 11.5. The van der Waals surface area contributed by atoms with Crippen LogP contribution < -0.4 is 0 Å². The molecule has 0 fully saturated rings. The van der Waals surface area contributed by atoms with Gasteiger partial charge in [-0.05, 0) is 44.5 Å². The van der Waals surface area contributed by atoms with E-state index in [9.17, 15) is 9.18 Å². The first-order chi connectivity index (χ1) is 7.33. The summed E-state index contributed by atoms with van der Waals surface area (Å²) in [5.41, 5.74) is 0.0667. The molecular weight excluding hydrogens is 227 g/mol. The zero-order valence-electron chi connectivity index (χ0n) is 9.58. The molecule has 0 atom stereocenters. The number of halogens is 1. The molecule has 88 valence electrons.